The molecule has 0 rings (SSSR count). The molecule has 5 nitrogen and oxygen atoms in total. The number of hydrogen-bond acceptors (Lipinski definition) is 5. The molecule has 2 N–H and O–H groups in total. The molecule has 0 spiro atoms. The summed E-state index contributed by atoms with van der Waals surface area (Å²) < 4.78 is 4.71. The molecule has 0 unspecified atom stereocenters. The van der Waals surface area contributed by atoms with Gasteiger partial charge in [-0.25, -0.2) is 4.79 Å². The Kier molecular flexibility index (Phi) is 5.69. The number of hydrogen-bond donors (Lipinski definition) is 1. The van der Waals surface area contributed by atoms with Gasteiger partial charge >= 0.3 is 5.97 Å². The van der Waals surface area contributed by atoms with Crippen LogP contribution in [0.1, 0.15) is 6.92 Å². The Hall–Kier alpha value is -1.91. The first-order valence-corrected chi connectivity index (χ1v) is 3.96. The number of allylic oxidation sites excluding steroid dienone is 1. The highest BCUT2D eigenvalue weighted by atomic mass is 16.5. The Bertz CT molecular complexity index is 292. The minimum atomic E-state index is -0.593. The molecule has 0 radical (unpaired) electrons. The van der Waals surface area contributed by atoms with Crippen LogP contribution in [0.25, 0.3) is 0 Å². The quantitative estimate of drug-likeness (QED) is 0.312. The molecule has 14 heavy (non-hydrogen) atoms. The van der Waals surface area contributed by atoms with Gasteiger partial charge in [-0.2, -0.15) is 5.11 Å². The van der Waals surface area contributed by atoms with Crippen LogP contribution in [0, 0.1) is 0 Å². The first-order chi connectivity index (χ1) is 6.61. The molecule has 0 aliphatic rings. The van der Waals surface area contributed by atoms with Gasteiger partial charge in [-0.15, -0.1) is 5.11 Å². The largest absolute Gasteiger partial charge is 0.461 e. The van der Waals surface area contributed by atoms with E-state index in [1.165, 1.54) is 12.3 Å². The third-order valence-electron chi connectivity index (χ3n) is 1.05. The fraction of sp³-hybridized carbons (Fsp3) is 0.222. The van der Waals surface area contributed by atoms with Crippen LogP contribution in [-0.2, 0) is 9.53 Å². The van der Waals surface area contributed by atoms with E-state index in [0.29, 0.717) is 0 Å². The molecule has 0 aromatic heterocycles. The molecule has 0 fully saturated rings. The number of carbonyl (C=O) groups is 1. The van der Waals surface area contributed by atoms with Crippen molar-refractivity contribution in [3.8, 4) is 0 Å². The van der Waals surface area contributed by atoms with Gasteiger partial charge in [-0.3, -0.25) is 0 Å². The van der Waals surface area contributed by atoms with E-state index < -0.39 is 5.97 Å². The van der Waals surface area contributed by atoms with Gasteiger partial charge in [-0.05, 0) is 13.0 Å². The molecule has 5 heteroatoms. The number of nitrogens with two attached hydrogens (primary N) is 1. The highest BCUT2D eigenvalue weighted by Gasteiger charge is 2.09. The zero-order valence-electron chi connectivity index (χ0n) is 8.06. The van der Waals surface area contributed by atoms with Crippen LogP contribution in [-0.4, -0.2) is 12.6 Å². The van der Waals surface area contributed by atoms with Gasteiger partial charge in [0.1, 0.15) is 0 Å². The predicted octanol–water partition coefficient (Wildman–Crippen LogP) is 1.50. The predicted molar refractivity (Wildman–Crippen MR) is 53.1 cm³/mol. The van der Waals surface area contributed by atoms with E-state index in [1.807, 2.05) is 0 Å². The highest BCUT2D eigenvalue weighted by molar-refractivity contribution is 5.88. The summed E-state index contributed by atoms with van der Waals surface area (Å²) in [5.74, 6) is -0.593. The summed E-state index contributed by atoms with van der Waals surface area (Å²) in [5.41, 5.74) is 5.50. The maximum absolute atomic E-state index is 11.2. The van der Waals surface area contributed by atoms with E-state index in [1.54, 1.807) is 6.92 Å². The number of nitrogens with zero attached hydrogens (tertiary/aromatic N) is 2. The third kappa shape index (κ3) is 4.87. The smallest absolute Gasteiger partial charge is 0.358 e. The average molecular weight is 195 g/mol. The van der Waals surface area contributed by atoms with Crippen LogP contribution in [0.2, 0.25) is 0 Å². The fourth-order valence-corrected chi connectivity index (χ4v) is 0.612. The summed E-state index contributed by atoms with van der Waals surface area (Å²) in [7, 11) is 0. The molecular weight excluding hydrogens is 182 g/mol. The summed E-state index contributed by atoms with van der Waals surface area (Å²) >= 11 is 0. The zero-order valence-corrected chi connectivity index (χ0v) is 8.06. The van der Waals surface area contributed by atoms with E-state index in [-0.39, 0.29) is 18.0 Å². The molecule has 0 aliphatic heterocycles. The lowest BCUT2D eigenvalue weighted by Crippen LogP contribution is -2.07. The number of azo groups is 1. The molecule has 76 valence electrons. The normalized spacial score (nSPS) is 11.4. The number of rotatable bonds is 5. The van der Waals surface area contributed by atoms with Gasteiger partial charge in [0.05, 0.1) is 6.61 Å². The van der Waals surface area contributed by atoms with Crippen molar-refractivity contribution in [3.05, 3.63) is 36.8 Å². The van der Waals surface area contributed by atoms with Crippen molar-refractivity contribution < 1.29 is 9.53 Å². The average Bonchev–Trinajstić information content (AvgIpc) is 2.12. The Morgan fingerprint density at radius 1 is 1.64 bits per heavy atom. The summed E-state index contributed by atoms with van der Waals surface area (Å²) in [6.45, 7) is 8.69. The van der Waals surface area contributed by atoms with Crippen LogP contribution in [0.4, 0.5) is 0 Å². The van der Waals surface area contributed by atoms with Gasteiger partial charge in [0, 0.05) is 11.9 Å². The molecule has 0 aromatic carbocycles. The maximum atomic E-state index is 11.2. The van der Waals surface area contributed by atoms with Crippen molar-refractivity contribution in [1.82, 2.24) is 0 Å². The molecule has 0 aromatic rings. The summed E-state index contributed by atoms with van der Waals surface area (Å²) in [5, 5.41) is 7.01. The molecule has 0 saturated carbocycles. The van der Waals surface area contributed by atoms with Crippen molar-refractivity contribution in [1.29, 1.82) is 0 Å². The van der Waals surface area contributed by atoms with Crippen molar-refractivity contribution >= 4 is 5.97 Å². The second kappa shape index (κ2) is 6.59. The Labute approximate surface area is 82.7 Å². The van der Waals surface area contributed by atoms with E-state index in [9.17, 15) is 4.79 Å². The van der Waals surface area contributed by atoms with Crippen molar-refractivity contribution in [2.24, 2.45) is 16.0 Å². The van der Waals surface area contributed by atoms with Crippen molar-refractivity contribution in [2.75, 3.05) is 6.61 Å². The van der Waals surface area contributed by atoms with E-state index in [2.05, 4.69) is 23.4 Å². The minimum Gasteiger partial charge on any atom is -0.461 e. The molecule has 0 bridgehead atoms. The lowest BCUT2D eigenvalue weighted by atomic mass is 10.3. The molecule has 0 amide bonds. The lowest BCUT2D eigenvalue weighted by molar-refractivity contribution is -0.138. The summed E-state index contributed by atoms with van der Waals surface area (Å²) in [6.07, 6.45) is 2.48. The number of carbonyl (C=O) groups excluding carboxylic acids is 1. The Balaban J connectivity index is 4.71. The minimum absolute atomic E-state index is 0.000694. The third-order valence-corrected chi connectivity index (χ3v) is 1.05. The van der Waals surface area contributed by atoms with E-state index in [0.717, 1.165) is 0 Å². The fourth-order valence-electron chi connectivity index (χ4n) is 0.612. The van der Waals surface area contributed by atoms with Gasteiger partial charge in [0.2, 0.25) is 0 Å². The molecule has 0 aliphatic carbocycles. The van der Waals surface area contributed by atoms with Crippen molar-refractivity contribution in [3.63, 3.8) is 0 Å². The van der Waals surface area contributed by atoms with Crippen LogP contribution in [0.5, 0.6) is 0 Å². The Morgan fingerprint density at radius 2 is 2.29 bits per heavy atom. The van der Waals surface area contributed by atoms with Gasteiger partial charge in [-0.1, -0.05) is 13.2 Å². The molecule has 0 saturated heterocycles. The Morgan fingerprint density at radius 3 is 2.71 bits per heavy atom. The van der Waals surface area contributed by atoms with Crippen LogP contribution in [0.3, 0.4) is 0 Å². The van der Waals surface area contributed by atoms with Crippen LogP contribution >= 0.6 is 0 Å². The van der Waals surface area contributed by atoms with Crippen LogP contribution < -0.4 is 5.73 Å². The van der Waals surface area contributed by atoms with Gasteiger partial charge in [0.15, 0.2) is 5.70 Å². The summed E-state index contributed by atoms with van der Waals surface area (Å²) in [4.78, 5) is 11.2. The van der Waals surface area contributed by atoms with Gasteiger partial charge in [0.25, 0.3) is 0 Å². The van der Waals surface area contributed by atoms with E-state index >= 15 is 0 Å². The lowest BCUT2D eigenvalue weighted by Gasteiger charge is -2.00. The second-order valence-corrected chi connectivity index (χ2v) is 2.22. The molecule has 0 heterocycles. The van der Waals surface area contributed by atoms with Crippen LogP contribution in [0.15, 0.2) is 47.1 Å². The van der Waals surface area contributed by atoms with E-state index in [4.69, 9.17) is 10.5 Å². The monoisotopic (exact) mass is 195 g/mol. The number of ether oxygens (including phenoxy) is 1. The zero-order chi connectivity index (χ0) is 11.0. The maximum Gasteiger partial charge on any atom is 0.358 e. The first kappa shape index (κ1) is 12.1. The number of esters is 1. The molecule has 0 atom stereocenters. The van der Waals surface area contributed by atoms with Crippen molar-refractivity contribution in [2.45, 2.75) is 6.92 Å². The van der Waals surface area contributed by atoms with Gasteiger partial charge < -0.3 is 10.5 Å². The first-order valence-electron chi connectivity index (χ1n) is 3.96. The SMILES string of the molecule is C=C/N=N\C(=C/C(=C)N)C(=O)OCC. The topological polar surface area (TPSA) is 77.0 Å². The highest BCUT2D eigenvalue weighted by Crippen LogP contribution is 2.03. The molecular formula is C9H13N3O2. The summed E-state index contributed by atoms with van der Waals surface area (Å²) in [6, 6.07) is 0. The standard InChI is InChI=1S/C9H13N3O2/c1-4-11-12-8(6-7(3)10)9(13)14-5-2/h4,6H,1,3,5,10H2,2H3/b8-6-,12-11-. The second-order valence-electron chi connectivity index (χ2n) is 2.22.